The molecular formula is C20H23N5S2. The summed E-state index contributed by atoms with van der Waals surface area (Å²) in [5.74, 6) is 0.811. The van der Waals surface area contributed by atoms with Crippen LogP contribution in [0.1, 0.15) is 5.56 Å². The zero-order valence-corrected chi connectivity index (χ0v) is 17.2. The first kappa shape index (κ1) is 19.5. The maximum Gasteiger partial charge on any atom is 0.199 e. The Labute approximate surface area is 169 Å². The molecule has 5 nitrogen and oxygen atoms in total. The van der Waals surface area contributed by atoms with Crippen molar-refractivity contribution in [1.82, 2.24) is 24.2 Å². The van der Waals surface area contributed by atoms with E-state index in [2.05, 4.69) is 54.0 Å². The highest BCUT2D eigenvalue weighted by Gasteiger charge is 2.13. The number of rotatable bonds is 8. The lowest BCUT2D eigenvalue weighted by Gasteiger charge is -2.16. The highest BCUT2D eigenvalue weighted by Crippen LogP contribution is 2.18. The normalized spacial score (nSPS) is 11.1. The monoisotopic (exact) mass is 397 g/mol. The third-order valence-electron chi connectivity index (χ3n) is 4.14. The molecule has 0 radical (unpaired) electrons. The Hall–Kier alpha value is -2.22. The van der Waals surface area contributed by atoms with Crippen LogP contribution in [-0.2, 0) is 19.8 Å². The molecule has 0 aliphatic heterocycles. The number of allylic oxidation sites excluding steroid dienone is 1. The molecule has 0 aliphatic carbocycles. The molecule has 27 heavy (non-hydrogen) atoms. The Morgan fingerprint density at radius 2 is 2.04 bits per heavy atom. The van der Waals surface area contributed by atoms with Crippen molar-refractivity contribution in [1.29, 1.82) is 0 Å². The molecule has 3 aromatic rings. The number of thioether (sulfide) groups is 1. The minimum Gasteiger partial charge on any atom is -0.296 e. The molecule has 0 aliphatic rings. The van der Waals surface area contributed by atoms with Crippen molar-refractivity contribution in [3.63, 3.8) is 0 Å². The molecule has 3 rings (SSSR count). The molecule has 0 atom stereocenters. The van der Waals surface area contributed by atoms with Gasteiger partial charge in [0.25, 0.3) is 0 Å². The zero-order valence-electron chi connectivity index (χ0n) is 15.6. The second kappa shape index (κ2) is 9.12. The van der Waals surface area contributed by atoms with Gasteiger partial charge in [-0.15, -0.1) is 18.3 Å². The second-order valence-corrected chi connectivity index (χ2v) is 7.50. The van der Waals surface area contributed by atoms with Crippen LogP contribution in [0.5, 0.6) is 0 Å². The van der Waals surface area contributed by atoms with E-state index in [9.17, 15) is 0 Å². The van der Waals surface area contributed by atoms with Gasteiger partial charge in [0, 0.05) is 35.9 Å². The summed E-state index contributed by atoms with van der Waals surface area (Å²) in [5, 5.41) is 4.75. The van der Waals surface area contributed by atoms with Crippen molar-refractivity contribution in [2.24, 2.45) is 0 Å². The van der Waals surface area contributed by atoms with Crippen LogP contribution in [0.4, 0.5) is 0 Å². The van der Waals surface area contributed by atoms with E-state index in [-0.39, 0.29) is 0 Å². The van der Waals surface area contributed by atoms with Crippen LogP contribution in [0, 0.1) is 4.77 Å². The van der Waals surface area contributed by atoms with E-state index in [1.54, 1.807) is 24.2 Å². The van der Waals surface area contributed by atoms with Crippen molar-refractivity contribution in [3.8, 4) is 11.4 Å². The molecule has 7 heteroatoms. The topological polar surface area (TPSA) is 38.9 Å². The molecular weight excluding hydrogens is 374 g/mol. The van der Waals surface area contributed by atoms with Gasteiger partial charge in [-0.1, -0.05) is 18.2 Å². The van der Waals surface area contributed by atoms with E-state index in [1.807, 2.05) is 27.5 Å². The third-order valence-corrected chi connectivity index (χ3v) is 5.32. The Morgan fingerprint density at radius 3 is 2.67 bits per heavy atom. The Balaban J connectivity index is 1.81. The van der Waals surface area contributed by atoms with Gasteiger partial charge in [-0.25, -0.2) is 4.68 Å². The summed E-state index contributed by atoms with van der Waals surface area (Å²) in [6.07, 6.45) is 7.47. The van der Waals surface area contributed by atoms with Crippen molar-refractivity contribution in [2.75, 3.05) is 13.3 Å². The fraction of sp³-hybridized carbons (Fsp3) is 0.250. The molecule has 2 heterocycles. The maximum atomic E-state index is 5.66. The van der Waals surface area contributed by atoms with Crippen LogP contribution < -0.4 is 0 Å². The molecule has 0 saturated heterocycles. The molecule has 0 fully saturated rings. The number of hydrogen-bond acceptors (Lipinski definition) is 5. The fourth-order valence-electron chi connectivity index (χ4n) is 2.86. The average Bonchev–Trinajstić information content (AvgIpc) is 2.99. The van der Waals surface area contributed by atoms with E-state index >= 15 is 0 Å². The van der Waals surface area contributed by atoms with E-state index in [0.717, 1.165) is 17.9 Å². The van der Waals surface area contributed by atoms with Crippen LogP contribution in [0.25, 0.3) is 11.4 Å². The Morgan fingerprint density at radius 1 is 1.26 bits per heavy atom. The van der Waals surface area contributed by atoms with Gasteiger partial charge in [0.15, 0.2) is 10.6 Å². The third kappa shape index (κ3) is 4.74. The van der Waals surface area contributed by atoms with Crippen LogP contribution in [0.15, 0.2) is 66.3 Å². The largest absolute Gasteiger partial charge is 0.296 e. The Bertz CT molecular complexity index is 945. The molecule has 0 bridgehead atoms. The van der Waals surface area contributed by atoms with Crippen molar-refractivity contribution in [2.45, 2.75) is 24.7 Å². The number of aromatic nitrogens is 4. The lowest BCUT2D eigenvalue weighted by Crippen LogP contribution is -2.22. The maximum absolute atomic E-state index is 5.66. The van der Waals surface area contributed by atoms with Crippen molar-refractivity contribution in [3.05, 3.63) is 71.8 Å². The summed E-state index contributed by atoms with van der Waals surface area (Å²) >= 11 is 7.41. The van der Waals surface area contributed by atoms with Crippen LogP contribution in [-0.4, -0.2) is 37.5 Å². The lowest BCUT2D eigenvalue weighted by molar-refractivity contribution is 0.244. The molecule has 140 valence electrons. The second-order valence-electron chi connectivity index (χ2n) is 6.25. The average molecular weight is 398 g/mol. The molecule has 2 aromatic heterocycles. The van der Waals surface area contributed by atoms with Crippen molar-refractivity contribution >= 4 is 24.0 Å². The smallest absolute Gasteiger partial charge is 0.199 e. The molecule has 1 aromatic carbocycles. The van der Waals surface area contributed by atoms with E-state index in [1.165, 1.54) is 10.5 Å². The van der Waals surface area contributed by atoms with Crippen LogP contribution in [0.3, 0.4) is 0 Å². The van der Waals surface area contributed by atoms with Crippen LogP contribution in [0.2, 0.25) is 0 Å². The predicted octanol–water partition coefficient (Wildman–Crippen LogP) is 4.47. The zero-order chi connectivity index (χ0) is 19.2. The van der Waals surface area contributed by atoms with Gasteiger partial charge < -0.3 is 0 Å². The molecule has 0 spiro atoms. The highest BCUT2D eigenvalue weighted by molar-refractivity contribution is 7.98. The first-order valence-corrected chi connectivity index (χ1v) is 10.3. The molecule has 0 unspecified atom stereocenters. The quantitative estimate of drug-likeness (QED) is 0.318. The van der Waals surface area contributed by atoms with Crippen LogP contribution >= 0.6 is 24.0 Å². The standard InChI is InChI=1S/C20H23N5S2/c1-4-12-24-19(17-6-5-11-21-13-17)22-25(20(24)26)15-23(2)14-16-7-9-18(27-3)10-8-16/h4-11,13H,1,12,14-15H2,2-3H3. The summed E-state index contributed by atoms with van der Waals surface area (Å²) in [5.41, 5.74) is 2.21. The van der Waals surface area contributed by atoms with Gasteiger partial charge in [-0.2, -0.15) is 5.10 Å². The van der Waals surface area contributed by atoms with Gasteiger partial charge in [-0.3, -0.25) is 14.5 Å². The first-order chi connectivity index (χ1) is 13.1. The minimum absolute atomic E-state index is 0.612. The summed E-state index contributed by atoms with van der Waals surface area (Å²) in [4.78, 5) is 7.67. The van der Waals surface area contributed by atoms with E-state index in [0.29, 0.717) is 18.0 Å². The Kier molecular flexibility index (Phi) is 6.60. The molecule has 0 amide bonds. The molecule has 0 N–H and O–H groups in total. The van der Waals surface area contributed by atoms with Gasteiger partial charge in [-0.05, 0) is 55.4 Å². The molecule has 0 saturated carbocycles. The minimum atomic E-state index is 0.612. The number of hydrogen-bond donors (Lipinski definition) is 0. The SMILES string of the molecule is C=CCn1c(-c2cccnc2)nn(CN(C)Cc2ccc(SC)cc2)c1=S. The number of pyridine rings is 1. The first-order valence-electron chi connectivity index (χ1n) is 8.62. The summed E-state index contributed by atoms with van der Waals surface area (Å²) < 4.78 is 4.52. The fourth-order valence-corrected chi connectivity index (χ4v) is 3.52. The van der Waals surface area contributed by atoms with Gasteiger partial charge in [0.2, 0.25) is 0 Å². The highest BCUT2D eigenvalue weighted by atomic mass is 32.2. The summed E-state index contributed by atoms with van der Waals surface area (Å²) in [6, 6.07) is 12.5. The summed E-state index contributed by atoms with van der Waals surface area (Å²) in [7, 11) is 2.07. The number of benzene rings is 1. The predicted molar refractivity (Wildman–Crippen MR) is 114 cm³/mol. The van der Waals surface area contributed by atoms with Gasteiger partial charge in [0.1, 0.15) is 0 Å². The van der Waals surface area contributed by atoms with Gasteiger partial charge >= 0.3 is 0 Å². The van der Waals surface area contributed by atoms with Crippen molar-refractivity contribution < 1.29 is 0 Å². The van der Waals surface area contributed by atoms with E-state index in [4.69, 9.17) is 17.3 Å². The lowest BCUT2D eigenvalue weighted by atomic mass is 10.2. The van der Waals surface area contributed by atoms with Gasteiger partial charge in [0.05, 0.1) is 6.67 Å². The van der Waals surface area contributed by atoms with E-state index < -0.39 is 0 Å². The number of nitrogens with zero attached hydrogens (tertiary/aromatic N) is 5. The summed E-state index contributed by atoms with van der Waals surface area (Å²) in [6.45, 7) is 5.89.